The standard InChI is InChI=1S/C14H26N2O2/c1-11(2)10-18-12-5-8-16(9-12)13(17)14(15)6-3-4-7-14/h11-12H,3-10,15H2,1-2H3. The molecule has 1 unspecified atom stereocenters. The third-order valence-corrected chi connectivity index (χ3v) is 4.02. The van der Waals surface area contributed by atoms with Gasteiger partial charge in [-0.25, -0.2) is 0 Å². The van der Waals surface area contributed by atoms with Gasteiger partial charge in [-0.1, -0.05) is 26.7 Å². The Hall–Kier alpha value is -0.610. The van der Waals surface area contributed by atoms with E-state index in [0.717, 1.165) is 51.8 Å². The molecule has 0 radical (unpaired) electrons. The van der Waals surface area contributed by atoms with Crippen molar-refractivity contribution in [3.05, 3.63) is 0 Å². The molecule has 4 heteroatoms. The van der Waals surface area contributed by atoms with E-state index in [9.17, 15) is 4.79 Å². The minimum absolute atomic E-state index is 0.149. The molecule has 104 valence electrons. The molecule has 1 amide bonds. The summed E-state index contributed by atoms with van der Waals surface area (Å²) in [5.41, 5.74) is 5.64. The molecule has 1 saturated carbocycles. The number of likely N-dealkylation sites (tertiary alicyclic amines) is 1. The van der Waals surface area contributed by atoms with Gasteiger partial charge in [-0.3, -0.25) is 4.79 Å². The lowest BCUT2D eigenvalue weighted by Crippen LogP contribution is -2.53. The van der Waals surface area contributed by atoms with Crippen LogP contribution in [-0.2, 0) is 9.53 Å². The molecule has 1 aliphatic heterocycles. The van der Waals surface area contributed by atoms with Crippen molar-refractivity contribution < 1.29 is 9.53 Å². The summed E-state index contributed by atoms with van der Waals surface area (Å²) in [6.07, 6.45) is 5.03. The van der Waals surface area contributed by atoms with Gasteiger partial charge < -0.3 is 15.4 Å². The van der Waals surface area contributed by atoms with Gasteiger partial charge in [-0.05, 0) is 25.2 Å². The summed E-state index contributed by atoms with van der Waals surface area (Å²) >= 11 is 0. The van der Waals surface area contributed by atoms with Gasteiger partial charge in [0, 0.05) is 19.7 Å². The largest absolute Gasteiger partial charge is 0.376 e. The van der Waals surface area contributed by atoms with Gasteiger partial charge in [0.2, 0.25) is 5.91 Å². The highest BCUT2D eigenvalue weighted by Crippen LogP contribution is 2.30. The SMILES string of the molecule is CC(C)COC1CCN(C(=O)C2(N)CCCC2)C1. The molecule has 2 aliphatic rings. The Morgan fingerprint density at radius 3 is 2.72 bits per heavy atom. The van der Waals surface area contributed by atoms with Crippen LogP contribution in [0.25, 0.3) is 0 Å². The van der Waals surface area contributed by atoms with E-state index in [0.29, 0.717) is 5.92 Å². The molecule has 0 aromatic heterocycles. The van der Waals surface area contributed by atoms with Gasteiger partial charge in [0.15, 0.2) is 0 Å². The number of carbonyl (C=O) groups is 1. The zero-order chi connectivity index (χ0) is 13.2. The van der Waals surface area contributed by atoms with Crippen LogP contribution >= 0.6 is 0 Å². The lowest BCUT2D eigenvalue weighted by molar-refractivity contribution is -0.136. The molecule has 0 aromatic rings. The summed E-state index contributed by atoms with van der Waals surface area (Å²) < 4.78 is 5.81. The minimum atomic E-state index is -0.576. The van der Waals surface area contributed by atoms with Crippen LogP contribution in [0.3, 0.4) is 0 Å². The van der Waals surface area contributed by atoms with Crippen molar-refractivity contribution in [2.24, 2.45) is 11.7 Å². The third-order valence-electron chi connectivity index (χ3n) is 4.02. The number of hydrogen-bond acceptors (Lipinski definition) is 3. The first-order chi connectivity index (χ1) is 8.51. The average Bonchev–Trinajstić information content (AvgIpc) is 2.95. The highest BCUT2D eigenvalue weighted by molar-refractivity contribution is 5.86. The topological polar surface area (TPSA) is 55.6 Å². The number of carbonyl (C=O) groups excluding carboxylic acids is 1. The smallest absolute Gasteiger partial charge is 0.242 e. The van der Waals surface area contributed by atoms with Crippen LogP contribution in [0.1, 0.15) is 46.0 Å². The molecule has 1 saturated heterocycles. The Morgan fingerprint density at radius 2 is 2.11 bits per heavy atom. The fourth-order valence-corrected chi connectivity index (χ4v) is 2.91. The summed E-state index contributed by atoms with van der Waals surface area (Å²) in [4.78, 5) is 14.3. The Bertz CT molecular complexity index is 298. The number of ether oxygens (including phenoxy) is 1. The van der Waals surface area contributed by atoms with Gasteiger partial charge in [-0.2, -0.15) is 0 Å². The molecule has 4 nitrogen and oxygen atoms in total. The Morgan fingerprint density at radius 1 is 1.44 bits per heavy atom. The van der Waals surface area contributed by atoms with Crippen molar-refractivity contribution in [2.75, 3.05) is 19.7 Å². The molecule has 2 N–H and O–H groups in total. The number of nitrogens with two attached hydrogens (primary N) is 1. The van der Waals surface area contributed by atoms with Crippen molar-refractivity contribution in [3.63, 3.8) is 0 Å². The van der Waals surface area contributed by atoms with Crippen molar-refractivity contribution in [1.29, 1.82) is 0 Å². The molecule has 1 aliphatic carbocycles. The van der Waals surface area contributed by atoms with E-state index in [4.69, 9.17) is 10.5 Å². The molecule has 2 fully saturated rings. The predicted octanol–water partition coefficient (Wildman–Crippen LogP) is 1.53. The van der Waals surface area contributed by atoms with Crippen LogP contribution in [-0.4, -0.2) is 42.1 Å². The van der Waals surface area contributed by atoms with Crippen LogP contribution in [0.4, 0.5) is 0 Å². The number of rotatable bonds is 4. The van der Waals surface area contributed by atoms with E-state index in [1.54, 1.807) is 0 Å². The van der Waals surface area contributed by atoms with E-state index in [1.165, 1.54) is 0 Å². The van der Waals surface area contributed by atoms with Gasteiger partial charge >= 0.3 is 0 Å². The Labute approximate surface area is 110 Å². The molecule has 1 atom stereocenters. The van der Waals surface area contributed by atoms with Crippen molar-refractivity contribution in [1.82, 2.24) is 4.90 Å². The summed E-state index contributed by atoms with van der Waals surface area (Å²) in [5.74, 6) is 0.695. The maximum atomic E-state index is 12.4. The first kappa shape index (κ1) is 13.8. The van der Waals surface area contributed by atoms with Crippen molar-refractivity contribution in [2.45, 2.75) is 57.6 Å². The van der Waals surface area contributed by atoms with Crippen LogP contribution in [0.5, 0.6) is 0 Å². The van der Waals surface area contributed by atoms with E-state index in [1.807, 2.05) is 4.90 Å². The molecular weight excluding hydrogens is 228 g/mol. The van der Waals surface area contributed by atoms with Crippen LogP contribution in [0.2, 0.25) is 0 Å². The van der Waals surface area contributed by atoms with E-state index < -0.39 is 5.54 Å². The second-order valence-electron chi connectivity index (χ2n) is 6.25. The molecule has 0 bridgehead atoms. The van der Waals surface area contributed by atoms with E-state index in [2.05, 4.69) is 13.8 Å². The van der Waals surface area contributed by atoms with Gasteiger partial charge in [-0.15, -0.1) is 0 Å². The quantitative estimate of drug-likeness (QED) is 0.828. The average molecular weight is 254 g/mol. The number of amides is 1. The summed E-state index contributed by atoms with van der Waals surface area (Å²) in [6.45, 7) is 6.60. The second kappa shape index (κ2) is 5.57. The predicted molar refractivity (Wildman–Crippen MR) is 71.2 cm³/mol. The van der Waals surface area contributed by atoms with Crippen LogP contribution < -0.4 is 5.73 Å². The molecule has 1 heterocycles. The van der Waals surface area contributed by atoms with Gasteiger partial charge in [0.1, 0.15) is 0 Å². The summed E-state index contributed by atoms with van der Waals surface area (Å²) in [7, 11) is 0. The number of hydrogen-bond donors (Lipinski definition) is 1. The minimum Gasteiger partial charge on any atom is -0.376 e. The highest BCUT2D eigenvalue weighted by atomic mass is 16.5. The Balaban J connectivity index is 1.83. The molecule has 18 heavy (non-hydrogen) atoms. The lowest BCUT2D eigenvalue weighted by Gasteiger charge is -2.28. The second-order valence-corrected chi connectivity index (χ2v) is 6.25. The zero-order valence-corrected chi connectivity index (χ0v) is 11.7. The summed E-state index contributed by atoms with van der Waals surface area (Å²) in [6, 6.07) is 0. The summed E-state index contributed by atoms with van der Waals surface area (Å²) in [5, 5.41) is 0. The van der Waals surface area contributed by atoms with Crippen LogP contribution in [0, 0.1) is 5.92 Å². The molecule has 2 rings (SSSR count). The normalized spacial score (nSPS) is 27.1. The van der Waals surface area contributed by atoms with Crippen molar-refractivity contribution in [3.8, 4) is 0 Å². The maximum Gasteiger partial charge on any atom is 0.242 e. The number of nitrogens with zero attached hydrogens (tertiary/aromatic N) is 1. The molecule has 0 aromatic carbocycles. The van der Waals surface area contributed by atoms with Crippen molar-refractivity contribution >= 4 is 5.91 Å². The van der Waals surface area contributed by atoms with Gasteiger partial charge in [0.25, 0.3) is 0 Å². The Kier molecular flexibility index (Phi) is 4.28. The van der Waals surface area contributed by atoms with E-state index >= 15 is 0 Å². The van der Waals surface area contributed by atoms with E-state index in [-0.39, 0.29) is 12.0 Å². The maximum absolute atomic E-state index is 12.4. The fourth-order valence-electron chi connectivity index (χ4n) is 2.91. The highest BCUT2D eigenvalue weighted by Gasteiger charge is 2.41. The molecular formula is C14H26N2O2. The first-order valence-electron chi connectivity index (χ1n) is 7.21. The molecule has 0 spiro atoms. The first-order valence-corrected chi connectivity index (χ1v) is 7.21. The van der Waals surface area contributed by atoms with Crippen LogP contribution in [0.15, 0.2) is 0 Å². The zero-order valence-electron chi connectivity index (χ0n) is 11.7. The third kappa shape index (κ3) is 3.04. The lowest BCUT2D eigenvalue weighted by atomic mass is 9.97. The fraction of sp³-hybridized carbons (Fsp3) is 0.929. The monoisotopic (exact) mass is 254 g/mol. The van der Waals surface area contributed by atoms with Gasteiger partial charge in [0.05, 0.1) is 11.6 Å².